The molecule has 0 aliphatic carbocycles. The number of ether oxygens (including phenoxy) is 2. The van der Waals surface area contributed by atoms with E-state index < -0.39 is 11.9 Å². The molecule has 0 saturated heterocycles. The van der Waals surface area contributed by atoms with Gasteiger partial charge in [0, 0.05) is 5.57 Å². The molecule has 0 unspecified atom stereocenters. The van der Waals surface area contributed by atoms with Crippen LogP contribution in [-0.4, -0.2) is 26.2 Å². The Labute approximate surface area is 71.2 Å². The second-order valence-corrected chi connectivity index (χ2v) is 2.06. The van der Waals surface area contributed by atoms with Gasteiger partial charge in [0.15, 0.2) is 0 Å². The number of methoxy groups -OCH3 is 2. The SMILES string of the molecule is C/C=C(/CC(=O)OC)C(=O)OC. The second-order valence-electron chi connectivity index (χ2n) is 2.06. The number of rotatable bonds is 3. The molecule has 12 heavy (non-hydrogen) atoms. The van der Waals surface area contributed by atoms with Crippen LogP contribution < -0.4 is 0 Å². The van der Waals surface area contributed by atoms with Gasteiger partial charge in [0.2, 0.25) is 0 Å². The van der Waals surface area contributed by atoms with Crippen LogP contribution in [0.2, 0.25) is 0 Å². The minimum atomic E-state index is -0.497. The number of carbonyl (C=O) groups excluding carboxylic acids is 2. The number of hydrogen-bond acceptors (Lipinski definition) is 4. The minimum Gasteiger partial charge on any atom is -0.469 e. The monoisotopic (exact) mass is 172 g/mol. The summed E-state index contributed by atoms with van der Waals surface area (Å²) in [5.41, 5.74) is 0.310. The molecule has 0 N–H and O–H groups in total. The van der Waals surface area contributed by atoms with Crippen molar-refractivity contribution in [3.8, 4) is 0 Å². The zero-order valence-corrected chi connectivity index (χ0v) is 7.42. The van der Waals surface area contributed by atoms with E-state index in [0.29, 0.717) is 5.57 Å². The lowest BCUT2D eigenvalue weighted by molar-refractivity contribution is -0.143. The maximum atomic E-state index is 10.9. The minimum absolute atomic E-state index is 0.0420. The highest BCUT2D eigenvalue weighted by molar-refractivity contribution is 5.93. The molecule has 0 atom stereocenters. The van der Waals surface area contributed by atoms with Crippen molar-refractivity contribution in [2.75, 3.05) is 14.2 Å². The molecule has 0 aromatic heterocycles. The number of allylic oxidation sites excluding steroid dienone is 1. The predicted octanol–water partition coefficient (Wildman–Crippen LogP) is 0.669. The van der Waals surface area contributed by atoms with Gasteiger partial charge in [-0.1, -0.05) is 6.08 Å². The maximum Gasteiger partial charge on any atom is 0.333 e. The Hall–Kier alpha value is -1.32. The van der Waals surface area contributed by atoms with Crippen LogP contribution in [0.15, 0.2) is 11.6 Å². The van der Waals surface area contributed by atoms with Gasteiger partial charge in [0.1, 0.15) is 0 Å². The second kappa shape index (κ2) is 5.35. The Bertz CT molecular complexity index is 205. The Balaban J connectivity index is 4.20. The van der Waals surface area contributed by atoms with Crippen molar-refractivity contribution >= 4 is 11.9 Å². The lowest BCUT2D eigenvalue weighted by Gasteiger charge is -2.02. The summed E-state index contributed by atoms with van der Waals surface area (Å²) in [6.07, 6.45) is 1.49. The van der Waals surface area contributed by atoms with Crippen molar-refractivity contribution in [1.82, 2.24) is 0 Å². The molecule has 0 fully saturated rings. The van der Waals surface area contributed by atoms with E-state index in [9.17, 15) is 9.59 Å². The molecule has 4 nitrogen and oxygen atoms in total. The highest BCUT2D eigenvalue weighted by Gasteiger charge is 2.12. The molecule has 0 saturated carbocycles. The van der Waals surface area contributed by atoms with E-state index in [1.54, 1.807) is 6.92 Å². The van der Waals surface area contributed by atoms with Crippen molar-refractivity contribution in [2.24, 2.45) is 0 Å². The van der Waals surface area contributed by atoms with E-state index in [0.717, 1.165) is 0 Å². The van der Waals surface area contributed by atoms with Crippen LogP contribution in [0.3, 0.4) is 0 Å². The van der Waals surface area contributed by atoms with Crippen molar-refractivity contribution in [3.63, 3.8) is 0 Å². The first kappa shape index (κ1) is 10.7. The summed E-state index contributed by atoms with van der Waals surface area (Å²) in [6.45, 7) is 1.66. The van der Waals surface area contributed by atoms with E-state index in [1.807, 2.05) is 0 Å². The van der Waals surface area contributed by atoms with E-state index in [2.05, 4.69) is 9.47 Å². The molecule has 0 bridgehead atoms. The molecule has 0 aliphatic rings. The molecule has 4 heteroatoms. The van der Waals surface area contributed by atoms with Crippen molar-refractivity contribution in [1.29, 1.82) is 0 Å². The average Bonchev–Trinajstić information content (AvgIpc) is 2.12. The summed E-state index contributed by atoms with van der Waals surface area (Å²) in [6, 6.07) is 0. The summed E-state index contributed by atoms with van der Waals surface area (Å²) in [4.78, 5) is 21.6. The lowest BCUT2D eigenvalue weighted by Crippen LogP contribution is -2.10. The first-order valence-corrected chi connectivity index (χ1v) is 3.46. The van der Waals surface area contributed by atoms with Crippen LogP contribution in [0.5, 0.6) is 0 Å². The topological polar surface area (TPSA) is 52.6 Å². The third kappa shape index (κ3) is 3.18. The maximum absolute atomic E-state index is 10.9. The van der Waals surface area contributed by atoms with Gasteiger partial charge < -0.3 is 9.47 Å². The molecule has 0 rings (SSSR count). The number of esters is 2. The summed E-state index contributed by atoms with van der Waals surface area (Å²) >= 11 is 0. The fraction of sp³-hybridized carbons (Fsp3) is 0.500. The van der Waals surface area contributed by atoms with Crippen LogP contribution >= 0.6 is 0 Å². The molecular formula is C8H12O4. The zero-order chi connectivity index (χ0) is 9.56. The van der Waals surface area contributed by atoms with Crippen LogP contribution in [0.4, 0.5) is 0 Å². The van der Waals surface area contributed by atoms with Gasteiger partial charge in [-0.25, -0.2) is 4.79 Å². The summed E-state index contributed by atoms with van der Waals surface area (Å²) < 4.78 is 8.82. The first-order chi connectivity index (χ1) is 5.65. The Morgan fingerprint density at radius 1 is 1.25 bits per heavy atom. The molecule has 0 amide bonds. The van der Waals surface area contributed by atoms with E-state index >= 15 is 0 Å². The van der Waals surface area contributed by atoms with E-state index in [-0.39, 0.29) is 6.42 Å². The van der Waals surface area contributed by atoms with Gasteiger partial charge in [-0.15, -0.1) is 0 Å². The van der Waals surface area contributed by atoms with Crippen LogP contribution in [0, 0.1) is 0 Å². The first-order valence-electron chi connectivity index (χ1n) is 3.46. The van der Waals surface area contributed by atoms with Crippen molar-refractivity contribution in [3.05, 3.63) is 11.6 Å². The molecule has 0 spiro atoms. The third-order valence-electron chi connectivity index (χ3n) is 1.36. The molecule has 0 aliphatic heterocycles. The Morgan fingerprint density at radius 3 is 2.17 bits per heavy atom. The summed E-state index contributed by atoms with van der Waals surface area (Å²) in [7, 11) is 2.54. The van der Waals surface area contributed by atoms with Gasteiger partial charge in [0.05, 0.1) is 20.6 Å². The fourth-order valence-corrected chi connectivity index (χ4v) is 0.651. The molecule has 0 radical (unpaired) electrons. The number of hydrogen-bond donors (Lipinski definition) is 0. The predicted molar refractivity (Wildman–Crippen MR) is 42.4 cm³/mol. The fourth-order valence-electron chi connectivity index (χ4n) is 0.651. The van der Waals surface area contributed by atoms with Gasteiger partial charge in [-0.2, -0.15) is 0 Å². The van der Waals surface area contributed by atoms with Gasteiger partial charge >= 0.3 is 11.9 Å². The molecular weight excluding hydrogens is 160 g/mol. The van der Waals surface area contributed by atoms with E-state index in [4.69, 9.17) is 0 Å². The third-order valence-corrected chi connectivity index (χ3v) is 1.36. The van der Waals surface area contributed by atoms with Crippen LogP contribution in [0.25, 0.3) is 0 Å². The largest absolute Gasteiger partial charge is 0.469 e. The summed E-state index contributed by atoms with van der Waals surface area (Å²) in [5, 5.41) is 0. The van der Waals surface area contributed by atoms with E-state index in [1.165, 1.54) is 20.3 Å². The van der Waals surface area contributed by atoms with Crippen LogP contribution in [-0.2, 0) is 19.1 Å². The molecule has 68 valence electrons. The average molecular weight is 172 g/mol. The quantitative estimate of drug-likeness (QED) is 0.463. The highest BCUT2D eigenvalue weighted by Crippen LogP contribution is 2.04. The highest BCUT2D eigenvalue weighted by atomic mass is 16.5. The zero-order valence-electron chi connectivity index (χ0n) is 7.42. The Kier molecular flexibility index (Phi) is 4.76. The summed E-state index contributed by atoms with van der Waals surface area (Å²) in [5.74, 6) is -0.948. The normalized spacial score (nSPS) is 10.8. The lowest BCUT2D eigenvalue weighted by atomic mass is 10.2. The smallest absolute Gasteiger partial charge is 0.333 e. The van der Waals surface area contributed by atoms with Crippen molar-refractivity contribution < 1.29 is 19.1 Å². The van der Waals surface area contributed by atoms with Crippen molar-refractivity contribution in [2.45, 2.75) is 13.3 Å². The molecule has 0 aromatic carbocycles. The Morgan fingerprint density at radius 2 is 1.83 bits per heavy atom. The molecule has 0 heterocycles. The molecule has 0 aromatic rings. The van der Waals surface area contributed by atoms with Crippen LogP contribution in [0.1, 0.15) is 13.3 Å². The van der Waals surface area contributed by atoms with Gasteiger partial charge in [-0.3, -0.25) is 4.79 Å². The number of carbonyl (C=O) groups is 2. The van der Waals surface area contributed by atoms with Gasteiger partial charge in [-0.05, 0) is 6.92 Å². The standard InChI is InChI=1S/C8H12O4/c1-4-6(8(10)12-3)5-7(9)11-2/h4H,5H2,1-3H3/b6-4-. The van der Waals surface area contributed by atoms with Gasteiger partial charge in [0.25, 0.3) is 0 Å².